The van der Waals surface area contributed by atoms with Gasteiger partial charge in [-0.2, -0.15) is 0 Å². The van der Waals surface area contributed by atoms with E-state index >= 15 is 0 Å². The largest absolute Gasteiger partial charge is 0.309 e. The van der Waals surface area contributed by atoms with Gasteiger partial charge in [0.2, 0.25) is 0 Å². The molecule has 3 unspecified atom stereocenters. The lowest BCUT2D eigenvalue weighted by molar-refractivity contribution is 0.538. The Bertz CT molecular complexity index is 193. The minimum Gasteiger partial charge on any atom is -0.309 e. The van der Waals surface area contributed by atoms with Gasteiger partial charge in [0.05, 0.1) is 0 Å². The summed E-state index contributed by atoms with van der Waals surface area (Å²) in [5.41, 5.74) is 0.914. The van der Waals surface area contributed by atoms with Crippen LogP contribution in [-0.2, 0) is 0 Å². The first-order valence-corrected chi connectivity index (χ1v) is 5.75. The van der Waals surface area contributed by atoms with Crippen molar-refractivity contribution < 1.29 is 0 Å². The van der Waals surface area contributed by atoms with Gasteiger partial charge in [0.1, 0.15) is 0 Å². The third-order valence-corrected chi connectivity index (χ3v) is 3.03. The summed E-state index contributed by atoms with van der Waals surface area (Å²) in [5.74, 6) is 1.32. The maximum absolute atomic E-state index is 8.08. The number of hydrogen-bond acceptors (Lipinski definition) is 1. The molecule has 82 valence electrons. The fraction of sp³-hybridized carbons (Fsp3) is 0.769. The topological polar surface area (TPSA) is 23.9 Å². The summed E-state index contributed by atoms with van der Waals surface area (Å²) in [6.07, 6.45) is 6.59. The molecule has 0 saturated carbocycles. The minimum atomic E-state index is 0.382. The second kappa shape index (κ2) is 6.80. The number of allylic oxidation sites excluding steroid dienone is 2. The van der Waals surface area contributed by atoms with Gasteiger partial charge in [-0.15, -0.1) is 0 Å². The number of rotatable bonds is 6. The van der Waals surface area contributed by atoms with E-state index in [1.54, 1.807) is 0 Å². The molecule has 14 heavy (non-hydrogen) atoms. The summed E-state index contributed by atoms with van der Waals surface area (Å²) in [6.45, 7) is 10.8. The van der Waals surface area contributed by atoms with Crippen LogP contribution in [0.15, 0.2) is 12.2 Å². The molecule has 0 radical (unpaired) electrons. The molecule has 3 atom stereocenters. The van der Waals surface area contributed by atoms with Gasteiger partial charge in [0.25, 0.3) is 0 Å². The van der Waals surface area contributed by atoms with Gasteiger partial charge in [-0.05, 0) is 25.2 Å². The van der Waals surface area contributed by atoms with E-state index in [4.69, 9.17) is 5.41 Å². The molecule has 0 aliphatic rings. The van der Waals surface area contributed by atoms with Crippen LogP contribution in [0.2, 0.25) is 0 Å². The second-order valence-corrected chi connectivity index (χ2v) is 4.32. The van der Waals surface area contributed by atoms with E-state index in [0.717, 1.165) is 12.1 Å². The van der Waals surface area contributed by atoms with Gasteiger partial charge in [-0.3, -0.25) is 0 Å². The van der Waals surface area contributed by atoms with Gasteiger partial charge in [-0.25, -0.2) is 0 Å². The Morgan fingerprint density at radius 1 is 1.29 bits per heavy atom. The molecule has 0 aliphatic heterocycles. The summed E-state index contributed by atoms with van der Waals surface area (Å²) >= 11 is 0. The summed E-state index contributed by atoms with van der Waals surface area (Å²) in [4.78, 5) is 0. The van der Waals surface area contributed by atoms with Gasteiger partial charge < -0.3 is 5.41 Å². The maximum atomic E-state index is 8.08. The van der Waals surface area contributed by atoms with E-state index in [-0.39, 0.29) is 0 Å². The third kappa shape index (κ3) is 4.08. The van der Waals surface area contributed by atoms with Gasteiger partial charge in [-0.1, -0.05) is 46.3 Å². The smallest absolute Gasteiger partial charge is 0.0151 e. The Hall–Kier alpha value is -0.590. The van der Waals surface area contributed by atoms with Crippen molar-refractivity contribution in [3.05, 3.63) is 12.2 Å². The van der Waals surface area contributed by atoms with Crippen LogP contribution in [0.4, 0.5) is 0 Å². The van der Waals surface area contributed by atoms with E-state index in [9.17, 15) is 0 Å². The van der Waals surface area contributed by atoms with E-state index in [1.807, 2.05) is 6.92 Å². The van der Waals surface area contributed by atoms with Crippen LogP contribution >= 0.6 is 0 Å². The van der Waals surface area contributed by atoms with Crippen molar-refractivity contribution in [1.82, 2.24) is 0 Å². The van der Waals surface area contributed by atoms with Crippen LogP contribution in [0, 0.1) is 23.2 Å². The summed E-state index contributed by atoms with van der Waals surface area (Å²) in [5, 5.41) is 8.08. The molecule has 0 aromatic carbocycles. The lowest BCUT2D eigenvalue weighted by Crippen LogP contribution is -2.23. The lowest BCUT2D eigenvalue weighted by Gasteiger charge is -2.22. The lowest BCUT2D eigenvalue weighted by atomic mass is 9.83. The highest BCUT2D eigenvalue weighted by molar-refractivity contribution is 5.85. The van der Waals surface area contributed by atoms with Crippen molar-refractivity contribution >= 4 is 5.71 Å². The molecule has 0 saturated heterocycles. The zero-order chi connectivity index (χ0) is 11.1. The Morgan fingerprint density at radius 2 is 1.86 bits per heavy atom. The van der Waals surface area contributed by atoms with Crippen LogP contribution in [0.1, 0.15) is 47.5 Å². The van der Waals surface area contributed by atoms with Crippen molar-refractivity contribution in [3.63, 3.8) is 0 Å². The number of hydrogen-bond donors (Lipinski definition) is 1. The standard InChI is InChI=1S/C13H25N/c1-6-8-10(3)12(5)13(14)11(4)9-7-2/h6,8,10-12,14H,7,9H2,1-5H3. The molecular weight excluding hydrogens is 170 g/mol. The maximum Gasteiger partial charge on any atom is 0.0151 e. The summed E-state index contributed by atoms with van der Waals surface area (Å²) in [6, 6.07) is 0. The molecule has 0 amide bonds. The fourth-order valence-corrected chi connectivity index (χ4v) is 1.79. The molecule has 0 bridgehead atoms. The third-order valence-electron chi connectivity index (χ3n) is 3.03. The van der Waals surface area contributed by atoms with Crippen LogP contribution in [0.25, 0.3) is 0 Å². The molecule has 1 heteroatoms. The summed E-state index contributed by atoms with van der Waals surface area (Å²) in [7, 11) is 0. The number of nitrogens with one attached hydrogen (secondary N) is 1. The van der Waals surface area contributed by atoms with Crippen molar-refractivity contribution in [2.75, 3.05) is 0 Å². The van der Waals surface area contributed by atoms with Crippen LogP contribution in [0.3, 0.4) is 0 Å². The van der Waals surface area contributed by atoms with Crippen LogP contribution in [-0.4, -0.2) is 5.71 Å². The highest BCUT2D eigenvalue weighted by atomic mass is 14.5. The normalized spacial score (nSPS) is 18.1. The highest BCUT2D eigenvalue weighted by Gasteiger charge is 2.18. The Balaban J connectivity index is 4.23. The van der Waals surface area contributed by atoms with Crippen molar-refractivity contribution in [3.8, 4) is 0 Å². The minimum absolute atomic E-state index is 0.382. The van der Waals surface area contributed by atoms with Gasteiger partial charge in [0.15, 0.2) is 0 Å². The molecule has 0 aromatic rings. The fourth-order valence-electron chi connectivity index (χ4n) is 1.79. The van der Waals surface area contributed by atoms with Gasteiger partial charge in [0, 0.05) is 11.6 Å². The Morgan fingerprint density at radius 3 is 2.29 bits per heavy atom. The van der Waals surface area contributed by atoms with Crippen molar-refractivity contribution in [1.29, 1.82) is 5.41 Å². The van der Waals surface area contributed by atoms with Gasteiger partial charge >= 0.3 is 0 Å². The first-order chi connectivity index (χ1) is 6.54. The SMILES string of the molecule is CC=CC(C)C(C)C(=N)C(C)CCC. The van der Waals surface area contributed by atoms with Crippen molar-refractivity contribution in [2.24, 2.45) is 17.8 Å². The van der Waals surface area contributed by atoms with E-state index in [1.165, 1.54) is 6.42 Å². The average Bonchev–Trinajstić information content (AvgIpc) is 2.16. The van der Waals surface area contributed by atoms with Crippen LogP contribution < -0.4 is 0 Å². The molecule has 0 rings (SSSR count). The predicted molar refractivity (Wildman–Crippen MR) is 64.9 cm³/mol. The molecule has 0 spiro atoms. The molecule has 0 heterocycles. The molecule has 1 nitrogen and oxygen atoms in total. The van der Waals surface area contributed by atoms with Crippen LogP contribution in [0.5, 0.6) is 0 Å². The quantitative estimate of drug-likeness (QED) is 0.483. The highest BCUT2D eigenvalue weighted by Crippen LogP contribution is 2.20. The molecule has 0 aromatic heterocycles. The second-order valence-electron chi connectivity index (χ2n) is 4.32. The van der Waals surface area contributed by atoms with Crippen molar-refractivity contribution in [2.45, 2.75) is 47.5 Å². The molecule has 0 aliphatic carbocycles. The monoisotopic (exact) mass is 195 g/mol. The first-order valence-electron chi connectivity index (χ1n) is 5.75. The average molecular weight is 195 g/mol. The molecule has 0 fully saturated rings. The zero-order valence-electron chi connectivity index (χ0n) is 10.3. The molecular formula is C13H25N. The Labute approximate surface area is 89.1 Å². The predicted octanol–water partition coefficient (Wildman–Crippen LogP) is 4.29. The van der Waals surface area contributed by atoms with E-state index < -0.39 is 0 Å². The molecule has 1 N–H and O–H groups in total. The van der Waals surface area contributed by atoms with E-state index in [0.29, 0.717) is 17.8 Å². The Kier molecular flexibility index (Phi) is 6.52. The first kappa shape index (κ1) is 13.4. The van der Waals surface area contributed by atoms with E-state index in [2.05, 4.69) is 39.8 Å². The zero-order valence-corrected chi connectivity index (χ0v) is 10.3. The summed E-state index contributed by atoms with van der Waals surface area (Å²) < 4.78 is 0.